The SMILES string of the molecule is C=C(C)CN(C)S(=O)(=O)Cc1cccc(C(=O)O)c1. The van der Waals surface area contributed by atoms with Gasteiger partial charge in [-0.1, -0.05) is 24.3 Å². The average molecular weight is 283 g/mol. The number of nitrogens with zero attached hydrogens (tertiary/aromatic N) is 1. The van der Waals surface area contributed by atoms with Crippen LogP contribution in [-0.2, 0) is 15.8 Å². The molecule has 0 amide bonds. The quantitative estimate of drug-likeness (QED) is 0.807. The van der Waals surface area contributed by atoms with E-state index in [2.05, 4.69) is 6.58 Å². The summed E-state index contributed by atoms with van der Waals surface area (Å²) in [5.74, 6) is -1.30. The van der Waals surface area contributed by atoms with Crippen molar-refractivity contribution in [3.63, 3.8) is 0 Å². The fraction of sp³-hybridized carbons (Fsp3) is 0.308. The van der Waals surface area contributed by atoms with E-state index in [1.807, 2.05) is 0 Å². The lowest BCUT2D eigenvalue weighted by Crippen LogP contribution is -2.29. The fourth-order valence-corrected chi connectivity index (χ4v) is 2.83. The number of hydrogen-bond acceptors (Lipinski definition) is 3. The summed E-state index contributed by atoms with van der Waals surface area (Å²) in [7, 11) is -1.99. The van der Waals surface area contributed by atoms with Crippen LogP contribution in [0.3, 0.4) is 0 Å². The van der Waals surface area contributed by atoms with Gasteiger partial charge in [0.15, 0.2) is 0 Å². The van der Waals surface area contributed by atoms with Gasteiger partial charge in [-0.3, -0.25) is 0 Å². The monoisotopic (exact) mass is 283 g/mol. The minimum Gasteiger partial charge on any atom is -0.478 e. The van der Waals surface area contributed by atoms with Crippen molar-refractivity contribution in [2.75, 3.05) is 13.6 Å². The first-order valence-corrected chi connectivity index (χ1v) is 7.24. The second kappa shape index (κ2) is 5.99. The number of aromatic carboxylic acids is 1. The predicted molar refractivity (Wildman–Crippen MR) is 73.5 cm³/mol. The molecule has 104 valence electrons. The molecule has 5 nitrogen and oxygen atoms in total. The lowest BCUT2D eigenvalue weighted by molar-refractivity contribution is 0.0696. The van der Waals surface area contributed by atoms with Crippen LogP contribution in [0.25, 0.3) is 0 Å². The molecule has 0 aromatic heterocycles. The number of likely N-dealkylation sites (N-methyl/N-ethyl adjacent to an activating group) is 1. The number of rotatable bonds is 6. The third-order valence-electron chi connectivity index (χ3n) is 2.49. The third-order valence-corrected chi connectivity index (χ3v) is 4.27. The Kier molecular flexibility index (Phi) is 4.85. The summed E-state index contributed by atoms with van der Waals surface area (Å²) in [5.41, 5.74) is 1.27. The van der Waals surface area contributed by atoms with Crippen LogP contribution in [0, 0.1) is 0 Å². The first-order chi connectivity index (χ1) is 8.72. The Morgan fingerprint density at radius 2 is 2.05 bits per heavy atom. The molecule has 0 unspecified atom stereocenters. The number of benzene rings is 1. The van der Waals surface area contributed by atoms with Crippen molar-refractivity contribution in [2.24, 2.45) is 0 Å². The molecule has 0 bridgehead atoms. The molecule has 0 saturated heterocycles. The first-order valence-electron chi connectivity index (χ1n) is 5.63. The summed E-state index contributed by atoms with van der Waals surface area (Å²) in [4.78, 5) is 10.8. The summed E-state index contributed by atoms with van der Waals surface area (Å²) in [6.45, 7) is 5.67. The van der Waals surface area contributed by atoms with Crippen LogP contribution in [-0.4, -0.2) is 37.4 Å². The Morgan fingerprint density at radius 1 is 1.42 bits per heavy atom. The van der Waals surface area contributed by atoms with Gasteiger partial charge in [0.05, 0.1) is 11.3 Å². The molecule has 0 atom stereocenters. The molecule has 0 heterocycles. The number of carbonyl (C=O) groups is 1. The number of carboxylic acids is 1. The summed E-state index contributed by atoms with van der Waals surface area (Å²) in [6, 6.07) is 5.93. The Labute approximate surface area is 113 Å². The third kappa shape index (κ3) is 4.50. The fourth-order valence-electron chi connectivity index (χ4n) is 1.59. The highest BCUT2D eigenvalue weighted by Crippen LogP contribution is 2.12. The van der Waals surface area contributed by atoms with Gasteiger partial charge in [-0.2, -0.15) is 0 Å². The summed E-state index contributed by atoms with van der Waals surface area (Å²) >= 11 is 0. The topological polar surface area (TPSA) is 74.7 Å². The molecule has 1 N–H and O–H groups in total. The van der Waals surface area contributed by atoms with Crippen molar-refractivity contribution >= 4 is 16.0 Å². The van der Waals surface area contributed by atoms with Crippen LogP contribution in [0.2, 0.25) is 0 Å². The molecule has 0 spiro atoms. The molecule has 0 aliphatic carbocycles. The molecular formula is C13H17NO4S. The molecule has 0 saturated carbocycles. The maximum atomic E-state index is 12.1. The van der Waals surface area contributed by atoms with E-state index >= 15 is 0 Å². The zero-order valence-electron chi connectivity index (χ0n) is 11.0. The Hall–Kier alpha value is -1.66. The average Bonchev–Trinajstić information content (AvgIpc) is 2.27. The van der Waals surface area contributed by atoms with Gasteiger partial charge in [-0.25, -0.2) is 17.5 Å². The van der Waals surface area contributed by atoms with Crippen molar-refractivity contribution in [1.29, 1.82) is 0 Å². The van der Waals surface area contributed by atoms with Crippen LogP contribution >= 0.6 is 0 Å². The zero-order chi connectivity index (χ0) is 14.6. The van der Waals surface area contributed by atoms with E-state index in [1.165, 1.54) is 29.6 Å². The van der Waals surface area contributed by atoms with E-state index in [-0.39, 0.29) is 17.9 Å². The molecular weight excluding hydrogens is 266 g/mol. The highest BCUT2D eigenvalue weighted by Gasteiger charge is 2.18. The molecule has 0 fully saturated rings. The van der Waals surface area contributed by atoms with E-state index in [1.54, 1.807) is 13.0 Å². The minimum absolute atomic E-state index is 0.0789. The first kappa shape index (κ1) is 15.4. The largest absolute Gasteiger partial charge is 0.478 e. The Morgan fingerprint density at radius 3 is 2.58 bits per heavy atom. The molecule has 0 radical (unpaired) electrons. The number of carboxylic acid groups (broad SMARTS) is 1. The van der Waals surface area contributed by atoms with E-state index in [0.29, 0.717) is 5.56 Å². The summed E-state index contributed by atoms with van der Waals surface area (Å²) < 4.78 is 25.3. The smallest absolute Gasteiger partial charge is 0.335 e. The van der Waals surface area contributed by atoms with E-state index in [9.17, 15) is 13.2 Å². The van der Waals surface area contributed by atoms with E-state index in [4.69, 9.17) is 5.11 Å². The molecule has 1 aromatic rings. The molecule has 1 aromatic carbocycles. The van der Waals surface area contributed by atoms with Crippen molar-refractivity contribution in [3.8, 4) is 0 Å². The van der Waals surface area contributed by atoms with Crippen molar-refractivity contribution in [1.82, 2.24) is 4.31 Å². The van der Waals surface area contributed by atoms with Gasteiger partial charge in [0.1, 0.15) is 0 Å². The molecule has 1 rings (SSSR count). The van der Waals surface area contributed by atoms with Crippen LogP contribution in [0.5, 0.6) is 0 Å². The molecule has 0 aliphatic rings. The van der Waals surface area contributed by atoms with Gasteiger partial charge in [0, 0.05) is 13.6 Å². The summed E-state index contributed by atoms with van der Waals surface area (Å²) in [6.07, 6.45) is 0. The van der Waals surface area contributed by atoms with Crippen molar-refractivity contribution < 1.29 is 18.3 Å². The van der Waals surface area contributed by atoms with Gasteiger partial charge in [-0.15, -0.1) is 0 Å². The van der Waals surface area contributed by atoms with Gasteiger partial charge in [-0.05, 0) is 24.6 Å². The van der Waals surface area contributed by atoms with Gasteiger partial charge < -0.3 is 5.11 Å². The van der Waals surface area contributed by atoms with Crippen LogP contribution in [0.4, 0.5) is 0 Å². The maximum Gasteiger partial charge on any atom is 0.335 e. The Bertz CT molecular complexity index is 592. The van der Waals surface area contributed by atoms with Crippen LogP contribution < -0.4 is 0 Å². The second-order valence-electron chi connectivity index (χ2n) is 4.47. The second-order valence-corrected chi connectivity index (χ2v) is 6.55. The van der Waals surface area contributed by atoms with E-state index in [0.717, 1.165) is 5.57 Å². The van der Waals surface area contributed by atoms with Gasteiger partial charge in [0.2, 0.25) is 10.0 Å². The lowest BCUT2D eigenvalue weighted by atomic mass is 10.1. The van der Waals surface area contributed by atoms with Crippen molar-refractivity contribution in [3.05, 3.63) is 47.5 Å². The molecule has 19 heavy (non-hydrogen) atoms. The van der Waals surface area contributed by atoms with Crippen LogP contribution in [0.1, 0.15) is 22.8 Å². The Balaban J connectivity index is 2.92. The summed E-state index contributed by atoms with van der Waals surface area (Å²) in [5, 5.41) is 8.86. The van der Waals surface area contributed by atoms with E-state index < -0.39 is 16.0 Å². The van der Waals surface area contributed by atoms with Crippen LogP contribution in [0.15, 0.2) is 36.4 Å². The predicted octanol–water partition coefficient (Wildman–Crippen LogP) is 1.72. The highest BCUT2D eigenvalue weighted by molar-refractivity contribution is 7.88. The molecule has 0 aliphatic heterocycles. The minimum atomic E-state index is -3.47. The standard InChI is InChI=1S/C13H17NO4S/c1-10(2)8-14(3)19(17,18)9-11-5-4-6-12(7-11)13(15)16/h4-7H,1,8-9H2,2-3H3,(H,15,16). The van der Waals surface area contributed by atoms with Gasteiger partial charge >= 0.3 is 5.97 Å². The molecule has 6 heteroatoms. The zero-order valence-corrected chi connectivity index (χ0v) is 11.8. The maximum absolute atomic E-state index is 12.1. The number of sulfonamides is 1. The van der Waals surface area contributed by atoms with Crippen molar-refractivity contribution in [2.45, 2.75) is 12.7 Å². The lowest BCUT2D eigenvalue weighted by Gasteiger charge is -2.17. The normalized spacial score (nSPS) is 11.5. The number of hydrogen-bond donors (Lipinski definition) is 1. The van der Waals surface area contributed by atoms with Gasteiger partial charge in [0.25, 0.3) is 0 Å². The highest BCUT2D eigenvalue weighted by atomic mass is 32.2.